The Bertz CT molecular complexity index is 874. The highest BCUT2D eigenvalue weighted by Gasteiger charge is 2.19. The van der Waals surface area contributed by atoms with Crippen LogP contribution in [-0.4, -0.2) is 38.7 Å². The summed E-state index contributed by atoms with van der Waals surface area (Å²) < 4.78 is 23.8. The topological polar surface area (TPSA) is 81.1 Å². The van der Waals surface area contributed by atoms with E-state index in [1.165, 1.54) is 18.2 Å². The van der Waals surface area contributed by atoms with Crippen molar-refractivity contribution in [3.05, 3.63) is 53.8 Å². The second kappa shape index (κ2) is 8.71. The number of rotatable bonds is 7. The monoisotopic (exact) mass is 388 g/mol. The Hall–Kier alpha value is -3.13. The van der Waals surface area contributed by atoms with Gasteiger partial charge in [0.2, 0.25) is 6.79 Å². The van der Waals surface area contributed by atoms with Crippen LogP contribution in [0.15, 0.2) is 42.5 Å². The number of nitrogens with one attached hydrogen (secondary N) is 3. The molecule has 0 aliphatic carbocycles. The number of carbonyl (C=O) groups excluding carboxylic acids is 2. The molecule has 0 radical (unpaired) electrons. The zero-order chi connectivity index (χ0) is 20.1. The smallest absolute Gasteiger partial charge is 0.279 e. The van der Waals surface area contributed by atoms with Gasteiger partial charge in [0.1, 0.15) is 5.82 Å². The first-order chi connectivity index (χ1) is 13.4. The number of likely N-dealkylation sites (N-methyl/N-ethyl adjacent to an activating group) is 1. The summed E-state index contributed by atoms with van der Waals surface area (Å²) in [5, 5.41) is 5.53. The van der Waals surface area contributed by atoms with Crippen LogP contribution < -0.4 is 25.0 Å². The van der Waals surface area contributed by atoms with Crippen LogP contribution >= 0.6 is 0 Å². The van der Waals surface area contributed by atoms with Crippen LogP contribution in [0.25, 0.3) is 0 Å². The van der Waals surface area contributed by atoms with Gasteiger partial charge in [-0.2, -0.15) is 0 Å². The Morgan fingerprint density at radius 2 is 1.86 bits per heavy atom. The normalized spacial score (nSPS) is 14.2. The van der Waals surface area contributed by atoms with Gasteiger partial charge in [-0.3, -0.25) is 9.59 Å². The van der Waals surface area contributed by atoms with E-state index in [9.17, 15) is 14.0 Å². The number of carbonyl (C=O) groups is 2. The van der Waals surface area contributed by atoms with Crippen LogP contribution in [0.4, 0.5) is 10.1 Å². The Morgan fingerprint density at radius 1 is 1.11 bits per heavy atom. The lowest BCUT2D eigenvalue weighted by Crippen LogP contribution is -3.11. The molecule has 1 aliphatic rings. The highest BCUT2D eigenvalue weighted by Crippen LogP contribution is 2.34. The summed E-state index contributed by atoms with van der Waals surface area (Å²) in [7, 11) is 1.75. The molecule has 2 atom stereocenters. The molecule has 1 heterocycles. The first kappa shape index (κ1) is 19.6. The number of hydrogen-bond donors (Lipinski definition) is 3. The maximum absolute atomic E-state index is 13.2. The molecular formula is C20H23FN3O4+. The summed E-state index contributed by atoms with van der Waals surface area (Å²) in [6.45, 7) is 2.29. The lowest BCUT2D eigenvalue weighted by molar-refractivity contribution is -0.862. The average Bonchev–Trinajstić information content (AvgIpc) is 3.08. The summed E-state index contributed by atoms with van der Waals surface area (Å²) in [5.74, 6) is 0.461. The van der Waals surface area contributed by atoms with Crippen molar-refractivity contribution in [1.82, 2.24) is 5.32 Å². The predicted molar refractivity (Wildman–Crippen MR) is 101 cm³/mol. The van der Waals surface area contributed by atoms with Crippen LogP contribution in [0.5, 0.6) is 11.5 Å². The fourth-order valence-corrected chi connectivity index (χ4v) is 2.94. The SMILES string of the molecule is C[C@H](NC(=O)C[NH+](C)CC(=O)Nc1cccc(F)c1)c1ccc2c(c1)OCO2. The van der Waals surface area contributed by atoms with Gasteiger partial charge >= 0.3 is 0 Å². The van der Waals surface area contributed by atoms with Gasteiger partial charge in [-0.05, 0) is 42.8 Å². The van der Waals surface area contributed by atoms with Crippen LogP contribution in [0.1, 0.15) is 18.5 Å². The molecule has 0 spiro atoms. The molecule has 0 aromatic heterocycles. The van der Waals surface area contributed by atoms with E-state index in [1.807, 2.05) is 25.1 Å². The molecule has 0 saturated heterocycles. The third-order valence-corrected chi connectivity index (χ3v) is 4.31. The summed E-state index contributed by atoms with van der Waals surface area (Å²) in [6.07, 6.45) is 0. The molecule has 148 valence electrons. The molecule has 3 rings (SSSR count). The summed E-state index contributed by atoms with van der Waals surface area (Å²) in [6, 6.07) is 11.0. The standard InChI is InChI=1S/C20H22FN3O4/c1-13(14-6-7-17-18(8-14)28-12-27-17)22-19(25)10-24(2)11-20(26)23-16-5-3-4-15(21)9-16/h3-9,13H,10-12H2,1-2H3,(H,22,25)(H,23,26)/p+1/t13-/m0/s1. The molecule has 2 amide bonds. The van der Waals surface area contributed by atoms with Crippen molar-refractivity contribution in [2.24, 2.45) is 0 Å². The van der Waals surface area contributed by atoms with Gasteiger partial charge in [-0.1, -0.05) is 12.1 Å². The van der Waals surface area contributed by atoms with Crippen molar-refractivity contribution in [2.75, 3.05) is 32.2 Å². The Labute approximate surface area is 162 Å². The lowest BCUT2D eigenvalue weighted by atomic mass is 10.1. The van der Waals surface area contributed by atoms with Gasteiger partial charge in [-0.25, -0.2) is 4.39 Å². The lowest BCUT2D eigenvalue weighted by Gasteiger charge is -2.17. The third kappa shape index (κ3) is 5.20. The zero-order valence-corrected chi connectivity index (χ0v) is 15.8. The van der Waals surface area contributed by atoms with E-state index in [0.717, 1.165) is 5.56 Å². The van der Waals surface area contributed by atoms with E-state index >= 15 is 0 Å². The number of quaternary nitrogens is 1. The van der Waals surface area contributed by atoms with Gasteiger partial charge < -0.3 is 25.0 Å². The Balaban J connectivity index is 1.46. The van der Waals surface area contributed by atoms with E-state index in [-0.39, 0.29) is 37.7 Å². The number of amides is 2. The Morgan fingerprint density at radius 3 is 2.64 bits per heavy atom. The summed E-state index contributed by atoms with van der Waals surface area (Å²) >= 11 is 0. The molecule has 0 bridgehead atoms. The van der Waals surface area contributed by atoms with Crippen LogP contribution in [0.2, 0.25) is 0 Å². The summed E-state index contributed by atoms with van der Waals surface area (Å²) in [5.41, 5.74) is 1.29. The number of benzene rings is 2. The van der Waals surface area contributed by atoms with Gasteiger partial charge in [0.05, 0.1) is 13.1 Å². The highest BCUT2D eigenvalue weighted by atomic mass is 19.1. The van der Waals surface area contributed by atoms with Crippen molar-refractivity contribution in [1.29, 1.82) is 0 Å². The zero-order valence-electron chi connectivity index (χ0n) is 15.8. The van der Waals surface area contributed by atoms with Crippen molar-refractivity contribution in [2.45, 2.75) is 13.0 Å². The van der Waals surface area contributed by atoms with E-state index in [1.54, 1.807) is 13.1 Å². The first-order valence-corrected chi connectivity index (χ1v) is 8.96. The highest BCUT2D eigenvalue weighted by molar-refractivity contribution is 5.91. The molecule has 2 aromatic carbocycles. The quantitative estimate of drug-likeness (QED) is 0.658. The fraction of sp³-hybridized carbons (Fsp3) is 0.300. The number of ether oxygens (including phenoxy) is 2. The van der Waals surface area contributed by atoms with Gasteiger partial charge in [0.25, 0.3) is 11.8 Å². The molecule has 1 unspecified atom stereocenters. The number of fused-ring (bicyclic) bond motifs is 1. The Kier molecular flexibility index (Phi) is 6.10. The molecule has 1 aliphatic heterocycles. The molecular weight excluding hydrogens is 365 g/mol. The minimum atomic E-state index is -0.421. The van der Waals surface area contributed by atoms with Gasteiger partial charge in [0, 0.05) is 5.69 Å². The molecule has 0 fully saturated rings. The number of halogens is 1. The van der Waals surface area contributed by atoms with Crippen molar-refractivity contribution in [3.63, 3.8) is 0 Å². The summed E-state index contributed by atoms with van der Waals surface area (Å²) in [4.78, 5) is 25.1. The first-order valence-electron chi connectivity index (χ1n) is 8.96. The molecule has 0 saturated carbocycles. The van der Waals surface area contributed by atoms with Crippen LogP contribution in [0, 0.1) is 5.82 Å². The van der Waals surface area contributed by atoms with E-state index in [2.05, 4.69) is 10.6 Å². The van der Waals surface area contributed by atoms with Crippen LogP contribution in [-0.2, 0) is 9.59 Å². The maximum Gasteiger partial charge on any atom is 0.279 e. The fourth-order valence-electron chi connectivity index (χ4n) is 2.94. The van der Waals surface area contributed by atoms with Crippen molar-refractivity contribution >= 4 is 17.5 Å². The molecule has 7 nitrogen and oxygen atoms in total. The second-order valence-electron chi connectivity index (χ2n) is 6.77. The molecule has 28 heavy (non-hydrogen) atoms. The molecule has 2 aromatic rings. The van der Waals surface area contributed by atoms with E-state index in [0.29, 0.717) is 22.1 Å². The van der Waals surface area contributed by atoms with Gasteiger partial charge in [-0.15, -0.1) is 0 Å². The minimum absolute atomic E-state index is 0.0857. The number of anilines is 1. The minimum Gasteiger partial charge on any atom is -0.454 e. The van der Waals surface area contributed by atoms with Crippen LogP contribution in [0.3, 0.4) is 0 Å². The van der Waals surface area contributed by atoms with Crippen molar-refractivity contribution < 1.29 is 28.4 Å². The maximum atomic E-state index is 13.2. The van der Waals surface area contributed by atoms with Crippen molar-refractivity contribution in [3.8, 4) is 11.5 Å². The predicted octanol–water partition coefficient (Wildman–Crippen LogP) is 0.885. The second-order valence-corrected chi connectivity index (χ2v) is 6.77. The van der Waals surface area contributed by atoms with E-state index in [4.69, 9.17) is 9.47 Å². The largest absolute Gasteiger partial charge is 0.454 e. The van der Waals surface area contributed by atoms with Gasteiger partial charge in [0.15, 0.2) is 24.6 Å². The van der Waals surface area contributed by atoms with E-state index < -0.39 is 5.82 Å². The average molecular weight is 388 g/mol. The number of hydrogen-bond acceptors (Lipinski definition) is 4. The molecule has 3 N–H and O–H groups in total. The molecule has 8 heteroatoms. The third-order valence-electron chi connectivity index (χ3n) is 4.31.